The molecule has 1 heterocycles. The summed E-state index contributed by atoms with van der Waals surface area (Å²) in [6.45, 7) is 9.02. The summed E-state index contributed by atoms with van der Waals surface area (Å²) in [5, 5.41) is 16.8. The number of rotatable bonds is 6. The minimum absolute atomic E-state index is 0.0445. The first-order valence-electron chi connectivity index (χ1n) is 8.73. The smallest absolute Gasteiger partial charge is 0.255 e. The van der Waals surface area contributed by atoms with Crippen LogP contribution in [0.4, 0.5) is 9.52 Å². The Balaban J connectivity index is 1.58. The molecule has 5 nitrogen and oxygen atoms in total. The van der Waals surface area contributed by atoms with E-state index in [0.29, 0.717) is 16.4 Å². The fourth-order valence-electron chi connectivity index (χ4n) is 3.34. The highest BCUT2D eigenvalue weighted by Gasteiger charge is 2.65. The minimum atomic E-state index is -0.665. The lowest BCUT2D eigenvalue weighted by molar-refractivity contribution is 0.0950. The molecule has 1 aromatic carbocycles. The SMILES string of the molecule is CC1(C)C(Nc2nc(O)c(CCNC(=O)c3c(F)cccc3Cl)s2)C1(C)C. The average molecular weight is 412 g/mol. The van der Waals surface area contributed by atoms with Crippen molar-refractivity contribution in [3.8, 4) is 5.88 Å². The van der Waals surface area contributed by atoms with E-state index in [0.717, 1.165) is 0 Å². The number of benzene rings is 1. The molecule has 3 rings (SSSR count). The van der Waals surface area contributed by atoms with Gasteiger partial charge in [-0.2, -0.15) is 4.98 Å². The fourth-order valence-corrected chi connectivity index (χ4v) is 4.47. The molecule has 0 spiro atoms. The summed E-state index contributed by atoms with van der Waals surface area (Å²) in [5.41, 5.74) is 0.136. The van der Waals surface area contributed by atoms with Crippen LogP contribution in [0.15, 0.2) is 18.2 Å². The number of amides is 1. The first-order chi connectivity index (χ1) is 12.6. The maximum atomic E-state index is 13.8. The number of aromatic hydroxyl groups is 1. The minimum Gasteiger partial charge on any atom is -0.492 e. The second kappa shape index (κ2) is 6.95. The lowest BCUT2D eigenvalue weighted by Gasteiger charge is -2.07. The summed E-state index contributed by atoms with van der Waals surface area (Å²) in [7, 11) is 0. The zero-order valence-corrected chi connectivity index (χ0v) is 17.3. The second-order valence-electron chi connectivity index (χ2n) is 7.89. The molecule has 0 atom stereocenters. The van der Waals surface area contributed by atoms with E-state index < -0.39 is 11.7 Å². The highest BCUT2D eigenvalue weighted by atomic mass is 35.5. The predicted molar refractivity (Wildman–Crippen MR) is 106 cm³/mol. The molecule has 1 aliphatic carbocycles. The molecule has 2 aromatic rings. The molecule has 1 amide bonds. The molecule has 27 heavy (non-hydrogen) atoms. The molecule has 0 saturated heterocycles. The largest absolute Gasteiger partial charge is 0.492 e. The highest BCUT2D eigenvalue weighted by Crippen LogP contribution is 2.63. The van der Waals surface area contributed by atoms with E-state index in [2.05, 4.69) is 43.3 Å². The van der Waals surface area contributed by atoms with Crippen LogP contribution in [-0.2, 0) is 6.42 Å². The van der Waals surface area contributed by atoms with Crippen LogP contribution in [0.3, 0.4) is 0 Å². The van der Waals surface area contributed by atoms with Crippen LogP contribution < -0.4 is 10.6 Å². The zero-order chi connectivity index (χ0) is 20.0. The highest BCUT2D eigenvalue weighted by molar-refractivity contribution is 7.15. The normalized spacial score (nSPS) is 17.6. The van der Waals surface area contributed by atoms with E-state index in [1.165, 1.54) is 29.5 Å². The summed E-state index contributed by atoms with van der Waals surface area (Å²) in [6, 6.07) is 4.38. The van der Waals surface area contributed by atoms with Gasteiger partial charge in [0.1, 0.15) is 5.82 Å². The Bertz CT molecular complexity index is 848. The number of hydrogen-bond acceptors (Lipinski definition) is 5. The standard InChI is InChI=1S/C19H23ClFN3O2S/c1-18(2)16(19(18,3)4)24-17-23-14(25)12(27-17)8-9-22-15(26)13-10(20)6-5-7-11(13)21/h5-7,16,25H,8-9H2,1-4H3,(H,22,26)(H,23,24). The number of carbonyl (C=O) groups excluding carboxylic acids is 1. The summed E-state index contributed by atoms with van der Waals surface area (Å²) < 4.78 is 13.8. The predicted octanol–water partition coefficient (Wildman–Crippen LogP) is 4.46. The monoisotopic (exact) mass is 411 g/mol. The number of nitrogens with one attached hydrogen (secondary N) is 2. The summed E-state index contributed by atoms with van der Waals surface area (Å²) >= 11 is 7.25. The van der Waals surface area contributed by atoms with Gasteiger partial charge in [-0.05, 0) is 23.0 Å². The van der Waals surface area contributed by atoms with Gasteiger partial charge in [0.2, 0.25) is 5.88 Å². The topological polar surface area (TPSA) is 74.2 Å². The Morgan fingerprint density at radius 1 is 1.33 bits per heavy atom. The number of carbonyl (C=O) groups is 1. The average Bonchev–Trinajstić information content (AvgIpc) is 2.81. The molecule has 1 saturated carbocycles. The van der Waals surface area contributed by atoms with Gasteiger partial charge in [-0.15, -0.1) is 0 Å². The van der Waals surface area contributed by atoms with Crippen LogP contribution in [0, 0.1) is 16.6 Å². The van der Waals surface area contributed by atoms with Crippen LogP contribution >= 0.6 is 22.9 Å². The Labute approximate surface area is 167 Å². The lowest BCUT2D eigenvalue weighted by Crippen LogP contribution is -2.26. The molecular weight excluding hydrogens is 389 g/mol. The number of anilines is 1. The number of nitrogens with zero attached hydrogens (tertiary/aromatic N) is 1. The zero-order valence-electron chi connectivity index (χ0n) is 15.7. The van der Waals surface area contributed by atoms with Gasteiger partial charge in [-0.1, -0.05) is 56.7 Å². The van der Waals surface area contributed by atoms with Gasteiger partial charge >= 0.3 is 0 Å². The summed E-state index contributed by atoms with van der Waals surface area (Å²) in [4.78, 5) is 17.0. The summed E-state index contributed by atoms with van der Waals surface area (Å²) in [6.07, 6.45) is 0.389. The van der Waals surface area contributed by atoms with Gasteiger partial charge in [-0.25, -0.2) is 4.39 Å². The van der Waals surface area contributed by atoms with Crippen LogP contribution in [-0.4, -0.2) is 28.6 Å². The van der Waals surface area contributed by atoms with Crippen LogP contribution in [0.1, 0.15) is 42.9 Å². The molecular formula is C19H23ClFN3O2S. The second-order valence-corrected chi connectivity index (χ2v) is 9.38. The van der Waals surface area contributed by atoms with E-state index in [1.54, 1.807) is 0 Å². The van der Waals surface area contributed by atoms with E-state index in [9.17, 15) is 14.3 Å². The number of hydrogen-bond donors (Lipinski definition) is 3. The van der Waals surface area contributed by atoms with E-state index >= 15 is 0 Å². The molecule has 146 valence electrons. The third kappa shape index (κ3) is 3.62. The van der Waals surface area contributed by atoms with Gasteiger partial charge in [-0.3, -0.25) is 4.79 Å². The van der Waals surface area contributed by atoms with Crippen LogP contribution in [0.25, 0.3) is 0 Å². The third-order valence-corrected chi connectivity index (χ3v) is 7.14. The Hall–Kier alpha value is -1.86. The van der Waals surface area contributed by atoms with Crippen molar-refractivity contribution in [3.63, 3.8) is 0 Å². The first kappa shape index (κ1) is 19.9. The molecule has 8 heteroatoms. The Morgan fingerprint density at radius 2 is 2.00 bits per heavy atom. The van der Waals surface area contributed by atoms with Crippen molar-refractivity contribution in [2.75, 3.05) is 11.9 Å². The maximum absolute atomic E-state index is 13.8. The molecule has 1 aromatic heterocycles. The molecule has 0 radical (unpaired) electrons. The molecule has 0 bridgehead atoms. The van der Waals surface area contributed by atoms with Gasteiger partial charge in [0.15, 0.2) is 5.13 Å². The van der Waals surface area contributed by atoms with E-state index in [-0.39, 0.29) is 39.9 Å². The number of halogens is 2. The number of aromatic nitrogens is 1. The van der Waals surface area contributed by atoms with Crippen molar-refractivity contribution >= 4 is 34.0 Å². The molecule has 3 N–H and O–H groups in total. The lowest BCUT2D eigenvalue weighted by atomic mass is 10.0. The molecule has 0 unspecified atom stereocenters. The van der Waals surface area contributed by atoms with Crippen molar-refractivity contribution in [2.45, 2.75) is 40.2 Å². The first-order valence-corrected chi connectivity index (χ1v) is 9.92. The Kier molecular flexibility index (Phi) is 5.12. The molecule has 1 fully saturated rings. The van der Waals surface area contributed by atoms with Crippen molar-refractivity contribution in [2.24, 2.45) is 10.8 Å². The van der Waals surface area contributed by atoms with E-state index in [1.807, 2.05) is 0 Å². The molecule has 0 aliphatic heterocycles. The fraction of sp³-hybridized carbons (Fsp3) is 0.474. The van der Waals surface area contributed by atoms with Gasteiger partial charge in [0.25, 0.3) is 5.91 Å². The van der Waals surface area contributed by atoms with Crippen molar-refractivity contribution in [1.82, 2.24) is 10.3 Å². The van der Waals surface area contributed by atoms with Crippen molar-refractivity contribution in [3.05, 3.63) is 39.5 Å². The van der Waals surface area contributed by atoms with Crippen molar-refractivity contribution in [1.29, 1.82) is 0 Å². The van der Waals surface area contributed by atoms with Gasteiger partial charge in [0.05, 0.1) is 15.5 Å². The summed E-state index contributed by atoms with van der Waals surface area (Å²) in [5.74, 6) is -1.29. The van der Waals surface area contributed by atoms with Gasteiger partial charge < -0.3 is 15.7 Å². The van der Waals surface area contributed by atoms with Crippen LogP contribution in [0.2, 0.25) is 5.02 Å². The third-order valence-electron chi connectivity index (χ3n) is 5.79. The van der Waals surface area contributed by atoms with Crippen molar-refractivity contribution < 1.29 is 14.3 Å². The maximum Gasteiger partial charge on any atom is 0.255 e. The van der Waals surface area contributed by atoms with Crippen LogP contribution in [0.5, 0.6) is 5.88 Å². The Morgan fingerprint density at radius 3 is 2.59 bits per heavy atom. The van der Waals surface area contributed by atoms with Gasteiger partial charge in [0, 0.05) is 19.0 Å². The quantitative estimate of drug-likeness (QED) is 0.656. The van der Waals surface area contributed by atoms with E-state index in [4.69, 9.17) is 11.6 Å². The number of thiazole rings is 1. The molecule has 1 aliphatic rings.